The summed E-state index contributed by atoms with van der Waals surface area (Å²) in [4.78, 5) is 18.3. The van der Waals surface area contributed by atoms with Crippen LogP contribution in [0.1, 0.15) is 5.82 Å². The summed E-state index contributed by atoms with van der Waals surface area (Å²) in [7, 11) is 0. The number of anilines is 1. The van der Waals surface area contributed by atoms with Crippen LogP contribution < -0.4 is 11.3 Å². The van der Waals surface area contributed by atoms with E-state index in [2.05, 4.69) is 14.5 Å². The van der Waals surface area contributed by atoms with Gasteiger partial charge in [0.2, 0.25) is 0 Å². The molecule has 0 unspecified atom stereocenters. The van der Waals surface area contributed by atoms with Crippen LogP contribution in [0.2, 0.25) is 0 Å². The molecule has 6 nitrogen and oxygen atoms in total. The minimum Gasteiger partial charge on any atom is -0.398 e. The standard InChI is InChI=1S/C13H17N5O/c14-11-1-2-13(19)18(9-11)8-6-16-5-7-17-4-3-15-12(17)10-16/h1-4,9H,5-8,10,14H2. The van der Waals surface area contributed by atoms with E-state index in [1.54, 1.807) is 16.8 Å². The van der Waals surface area contributed by atoms with Crippen molar-refractivity contribution in [3.8, 4) is 0 Å². The molecule has 6 heteroatoms. The number of nitrogens with zero attached hydrogens (tertiary/aromatic N) is 4. The normalized spacial score (nSPS) is 15.4. The first-order valence-electron chi connectivity index (χ1n) is 6.41. The second kappa shape index (κ2) is 4.89. The van der Waals surface area contributed by atoms with Gasteiger partial charge in [-0.15, -0.1) is 0 Å². The van der Waals surface area contributed by atoms with Crippen LogP contribution in [-0.2, 0) is 19.6 Å². The second-order valence-corrected chi connectivity index (χ2v) is 4.81. The number of hydrogen-bond donors (Lipinski definition) is 1. The van der Waals surface area contributed by atoms with Gasteiger partial charge in [0.05, 0.1) is 6.54 Å². The highest BCUT2D eigenvalue weighted by atomic mass is 16.1. The highest BCUT2D eigenvalue weighted by Crippen LogP contribution is 2.09. The molecular weight excluding hydrogens is 242 g/mol. The van der Waals surface area contributed by atoms with Crippen LogP contribution in [0.25, 0.3) is 0 Å². The summed E-state index contributed by atoms with van der Waals surface area (Å²) in [6, 6.07) is 3.15. The molecule has 1 aliphatic rings. The first kappa shape index (κ1) is 12.0. The Balaban J connectivity index is 1.64. The van der Waals surface area contributed by atoms with Crippen LogP contribution in [0, 0.1) is 0 Å². The third kappa shape index (κ3) is 2.53. The summed E-state index contributed by atoms with van der Waals surface area (Å²) in [6.07, 6.45) is 5.55. The first-order valence-corrected chi connectivity index (χ1v) is 6.41. The molecule has 0 aromatic carbocycles. The molecule has 0 bridgehead atoms. The van der Waals surface area contributed by atoms with E-state index in [-0.39, 0.29) is 5.56 Å². The SMILES string of the molecule is Nc1ccc(=O)n(CCN2CCn3ccnc3C2)c1. The summed E-state index contributed by atoms with van der Waals surface area (Å²) >= 11 is 0. The zero-order valence-corrected chi connectivity index (χ0v) is 10.7. The molecule has 2 aromatic rings. The predicted molar refractivity (Wildman–Crippen MR) is 72.6 cm³/mol. The summed E-state index contributed by atoms with van der Waals surface area (Å²) in [5, 5.41) is 0. The van der Waals surface area contributed by atoms with E-state index >= 15 is 0 Å². The van der Waals surface area contributed by atoms with Gasteiger partial charge in [-0.1, -0.05) is 0 Å². The molecule has 0 saturated carbocycles. The van der Waals surface area contributed by atoms with Gasteiger partial charge >= 0.3 is 0 Å². The van der Waals surface area contributed by atoms with Crippen molar-refractivity contribution in [3.05, 3.63) is 46.9 Å². The van der Waals surface area contributed by atoms with Gasteiger partial charge in [0.25, 0.3) is 5.56 Å². The Bertz CT molecular complexity index is 630. The van der Waals surface area contributed by atoms with Crippen molar-refractivity contribution in [2.75, 3.05) is 18.8 Å². The molecule has 0 fully saturated rings. The van der Waals surface area contributed by atoms with Crippen LogP contribution in [0.3, 0.4) is 0 Å². The fourth-order valence-corrected chi connectivity index (χ4v) is 2.39. The molecule has 2 aromatic heterocycles. The van der Waals surface area contributed by atoms with Gasteiger partial charge in [-0.2, -0.15) is 0 Å². The topological polar surface area (TPSA) is 69.1 Å². The van der Waals surface area contributed by atoms with Crippen LogP contribution in [0.4, 0.5) is 5.69 Å². The molecule has 100 valence electrons. The van der Waals surface area contributed by atoms with E-state index in [0.717, 1.165) is 32.0 Å². The number of nitrogens with two attached hydrogens (primary N) is 1. The fraction of sp³-hybridized carbons (Fsp3) is 0.385. The van der Waals surface area contributed by atoms with Crippen LogP contribution in [0.15, 0.2) is 35.5 Å². The fourth-order valence-electron chi connectivity index (χ4n) is 2.39. The van der Waals surface area contributed by atoms with E-state index in [4.69, 9.17) is 5.73 Å². The molecule has 1 aliphatic heterocycles. The average Bonchev–Trinajstić information content (AvgIpc) is 2.87. The van der Waals surface area contributed by atoms with Crippen molar-refractivity contribution in [3.63, 3.8) is 0 Å². The Kier molecular flexibility index (Phi) is 3.08. The molecule has 2 N–H and O–H groups in total. The van der Waals surface area contributed by atoms with Crippen LogP contribution in [-0.4, -0.2) is 32.1 Å². The van der Waals surface area contributed by atoms with Gasteiger partial charge in [-0.25, -0.2) is 4.98 Å². The number of pyridine rings is 1. The summed E-state index contributed by atoms with van der Waals surface area (Å²) in [6.45, 7) is 4.27. The first-order chi connectivity index (χ1) is 9.22. The van der Waals surface area contributed by atoms with E-state index in [1.807, 2.05) is 12.4 Å². The Morgan fingerprint density at radius 1 is 1.26 bits per heavy atom. The molecule has 19 heavy (non-hydrogen) atoms. The smallest absolute Gasteiger partial charge is 0.250 e. The maximum absolute atomic E-state index is 11.7. The Labute approximate surface area is 111 Å². The zero-order valence-electron chi connectivity index (χ0n) is 10.7. The average molecular weight is 259 g/mol. The number of nitrogen functional groups attached to an aromatic ring is 1. The van der Waals surface area contributed by atoms with Gasteiger partial charge in [-0.05, 0) is 6.07 Å². The molecular formula is C13H17N5O. The second-order valence-electron chi connectivity index (χ2n) is 4.81. The molecule has 3 rings (SSSR count). The van der Waals surface area contributed by atoms with Gasteiger partial charge in [0.15, 0.2) is 0 Å². The molecule has 0 radical (unpaired) electrons. The molecule has 0 saturated heterocycles. The van der Waals surface area contributed by atoms with Gasteiger partial charge < -0.3 is 14.9 Å². The lowest BCUT2D eigenvalue weighted by Gasteiger charge is -2.27. The monoisotopic (exact) mass is 259 g/mol. The zero-order chi connectivity index (χ0) is 13.2. The Morgan fingerprint density at radius 3 is 3.05 bits per heavy atom. The predicted octanol–water partition coefficient (Wildman–Crippen LogP) is 0.143. The number of imidazole rings is 1. The minimum atomic E-state index is -0.00675. The molecule has 0 spiro atoms. The van der Waals surface area contributed by atoms with Crippen molar-refractivity contribution in [1.29, 1.82) is 0 Å². The summed E-state index contributed by atoms with van der Waals surface area (Å²) in [5.41, 5.74) is 6.31. The Morgan fingerprint density at radius 2 is 2.16 bits per heavy atom. The third-order valence-corrected chi connectivity index (χ3v) is 3.49. The summed E-state index contributed by atoms with van der Waals surface area (Å²) < 4.78 is 3.83. The maximum atomic E-state index is 11.7. The van der Waals surface area contributed by atoms with Crippen LogP contribution in [0.5, 0.6) is 0 Å². The van der Waals surface area contributed by atoms with E-state index in [9.17, 15) is 4.79 Å². The van der Waals surface area contributed by atoms with Crippen molar-refractivity contribution in [1.82, 2.24) is 19.0 Å². The largest absolute Gasteiger partial charge is 0.398 e. The van der Waals surface area contributed by atoms with Crippen molar-refractivity contribution in [2.24, 2.45) is 0 Å². The van der Waals surface area contributed by atoms with Crippen molar-refractivity contribution >= 4 is 5.69 Å². The Hall–Kier alpha value is -2.08. The molecule has 0 atom stereocenters. The highest BCUT2D eigenvalue weighted by molar-refractivity contribution is 5.33. The van der Waals surface area contributed by atoms with E-state index in [1.165, 1.54) is 6.07 Å². The quantitative estimate of drug-likeness (QED) is 0.851. The number of aromatic nitrogens is 3. The summed E-state index contributed by atoms with van der Waals surface area (Å²) in [5.74, 6) is 1.09. The molecule has 0 aliphatic carbocycles. The van der Waals surface area contributed by atoms with Crippen LogP contribution >= 0.6 is 0 Å². The minimum absolute atomic E-state index is 0.00675. The lowest BCUT2D eigenvalue weighted by atomic mass is 10.3. The lowest BCUT2D eigenvalue weighted by molar-refractivity contribution is 0.208. The van der Waals surface area contributed by atoms with Crippen molar-refractivity contribution < 1.29 is 0 Å². The van der Waals surface area contributed by atoms with E-state index < -0.39 is 0 Å². The highest BCUT2D eigenvalue weighted by Gasteiger charge is 2.15. The molecule has 0 amide bonds. The van der Waals surface area contributed by atoms with Gasteiger partial charge in [-0.3, -0.25) is 9.69 Å². The third-order valence-electron chi connectivity index (χ3n) is 3.49. The maximum Gasteiger partial charge on any atom is 0.250 e. The lowest BCUT2D eigenvalue weighted by Crippen LogP contribution is -2.37. The van der Waals surface area contributed by atoms with Crippen molar-refractivity contribution in [2.45, 2.75) is 19.6 Å². The number of fused-ring (bicyclic) bond motifs is 1. The van der Waals surface area contributed by atoms with E-state index in [0.29, 0.717) is 12.2 Å². The molecule has 3 heterocycles. The van der Waals surface area contributed by atoms with Gasteiger partial charge in [0.1, 0.15) is 5.82 Å². The number of rotatable bonds is 3. The number of hydrogen-bond acceptors (Lipinski definition) is 4. The van der Waals surface area contributed by atoms with Gasteiger partial charge in [0, 0.05) is 56.5 Å².